The first-order valence-corrected chi connectivity index (χ1v) is 8.81. The molecule has 0 spiro atoms. The molecule has 0 bridgehead atoms. The first kappa shape index (κ1) is 18.7. The molecule has 8 heteroatoms. The maximum Gasteiger partial charge on any atom is 0.313 e. The van der Waals surface area contributed by atoms with Crippen LogP contribution in [0.3, 0.4) is 0 Å². The maximum atomic E-state index is 11.7. The fourth-order valence-corrected chi connectivity index (χ4v) is 3.06. The van der Waals surface area contributed by atoms with Gasteiger partial charge in [0.1, 0.15) is 6.42 Å². The zero-order chi connectivity index (χ0) is 17.5. The van der Waals surface area contributed by atoms with Crippen LogP contribution in [0, 0.1) is 0 Å². The van der Waals surface area contributed by atoms with Crippen molar-refractivity contribution in [2.75, 3.05) is 12.4 Å². The summed E-state index contributed by atoms with van der Waals surface area (Å²) in [5, 5.41) is 1.45. The number of ketones is 1. The second kappa shape index (κ2) is 9.01. The Hall–Kier alpha value is -1.63. The van der Waals surface area contributed by atoms with Gasteiger partial charge in [0.2, 0.25) is 0 Å². The minimum atomic E-state index is -0.522. The average molecular weight is 385 g/mol. The second-order valence-corrected chi connectivity index (χ2v) is 6.51. The number of Topliss-reactive ketones (excluding diaryl/α,β-unsaturated/α-hetero) is 1. The molecule has 2 aromatic rings. The molecule has 1 aromatic heterocycles. The van der Waals surface area contributed by atoms with E-state index in [0.29, 0.717) is 20.9 Å². The van der Waals surface area contributed by atoms with E-state index in [1.165, 1.54) is 0 Å². The van der Waals surface area contributed by atoms with E-state index in [9.17, 15) is 9.59 Å². The van der Waals surface area contributed by atoms with E-state index in [1.54, 1.807) is 37.4 Å². The lowest BCUT2D eigenvalue weighted by atomic mass is 10.1. The summed E-state index contributed by atoms with van der Waals surface area (Å²) in [5.41, 5.74) is 1.41. The summed E-state index contributed by atoms with van der Waals surface area (Å²) in [6, 6.07) is 6.86. The molecule has 0 aliphatic heterocycles. The van der Waals surface area contributed by atoms with Crippen molar-refractivity contribution in [1.29, 1.82) is 0 Å². The Morgan fingerprint density at radius 3 is 2.58 bits per heavy atom. The van der Waals surface area contributed by atoms with Crippen LogP contribution in [0.1, 0.15) is 13.3 Å². The third-order valence-electron chi connectivity index (χ3n) is 2.80. The molecule has 0 unspecified atom stereocenters. The molecule has 126 valence electrons. The van der Waals surface area contributed by atoms with E-state index in [2.05, 4.69) is 9.97 Å². The minimum absolute atomic E-state index is 0.0958. The van der Waals surface area contributed by atoms with E-state index in [4.69, 9.17) is 27.9 Å². The molecule has 24 heavy (non-hydrogen) atoms. The molecule has 0 radical (unpaired) electrons. The number of aromatic nitrogens is 2. The van der Waals surface area contributed by atoms with Gasteiger partial charge in [-0.05, 0) is 31.2 Å². The van der Waals surface area contributed by atoms with Crippen LogP contribution in [-0.4, -0.2) is 34.1 Å². The fourth-order valence-electron chi connectivity index (χ4n) is 1.84. The van der Waals surface area contributed by atoms with E-state index in [0.717, 1.165) is 17.3 Å². The number of halogens is 2. The smallest absolute Gasteiger partial charge is 0.313 e. The number of rotatable bonds is 7. The molecule has 0 aliphatic carbocycles. The van der Waals surface area contributed by atoms with Crippen LogP contribution in [0.4, 0.5) is 0 Å². The van der Waals surface area contributed by atoms with Crippen molar-refractivity contribution in [3.8, 4) is 11.3 Å². The summed E-state index contributed by atoms with van der Waals surface area (Å²) in [6.07, 6.45) is 1.35. The Bertz CT molecular complexity index is 736. The van der Waals surface area contributed by atoms with E-state index in [1.807, 2.05) is 0 Å². The Morgan fingerprint density at radius 1 is 1.21 bits per heavy atom. The highest BCUT2D eigenvalue weighted by Gasteiger charge is 2.12. The topological polar surface area (TPSA) is 69.2 Å². The molecule has 0 saturated carbocycles. The van der Waals surface area contributed by atoms with Crippen LogP contribution in [0.2, 0.25) is 10.0 Å². The van der Waals surface area contributed by atoms with Gasteiger partial charge in [0, 0.05) is 21.8 Å². The van der Waals surface area contributed by atoms with Crippen LogP contribution in [0.5, 0.6) is 0 Å². The van der Waals surface area contributed by atoms with E-state index in [-0.39, 0.29) is 24.6 Å². The number of thioether (sulfide) groups is 1. The number of nitrogens with zero attached hydrogens (tertiary/aromatic N) is 2. The largest absolute Gasteiger partial charge is 0.466 e. The van der Waals surface area contributed by atoms with Crippen LogP contribution in [0.25, 0.3) is 11.3 Å². The second-order valence-electron chi connectivity index (χ2n) is 4.69. The van der Waals surface area contributed by atoms with Gasteiger partial charge in [0.15, 0.2) is 10.9 Å². The molecule has 0 saturated heterocycles. The normalized spacial score (nSPS) is 10.5. The van der Waals surface area contributed by atoms with Gasteiger partial charge in [-0.15, -0.1) is 0 Å². The lowest BCUT2D eigenvalue weighted by Gasteiger charge is -2.05. The molecular weight excluding hydrogens is 371 g/mol. The summed E-state index contributed by atoms with van der Waals surface area (Å²) in [5.74, 6) is -0.664. The summed E-state index contributed by atoms with van der Waals surface area (Å²) in [4.78, 5) is 31.5. The number of carbonyl (C=O) groups is 2. The molecule has 1 aromatic carbocycles. The van der Waals surface area contributed by atoms with Crippen LogP contribution in [-0.2, 0) is 14.3 Å². The molecule has 5 nitrogen and oxygen atoms in total. The van der Waals surface area contributed by atoms with E-state index >= 15 is 0 Å². The highest BCUT2D eigenvalue weighted by Crippen LogP contribution is 2.27. The first-order valence-electron chi connectivity index (χ1n) is 7.07. The predicted octanol–water partition coefficient (Wildman–Crippen LogP) is 4.06. The van der Waals surface area contributed by atoms with Crippen LogP contribution < -0.4 is 0 Å². The SMILES string of the molecule is CCOC(=O)CC(=O)CSc1nccc(-c2cc(Cl)cc(Cl)c2)n1. The third-order valence-corrected chi connectivity index (χ3v) is 4.16. The summed E-state index contributed by atoms with van der Waals surface area (Å²) in [6.45, 7) is 1.95. The van der Waals surface area contributed by atoms with Crippen molar-refractivity contribution in [2.45, 2.75) is 18.5 Å². The first-order chi connectivity index (χ1) is 11.5. The highest BCUT2D eigenvalue weighted by atomic mass is 35.5. The molecule has 2 rings (SSSR count). The van der Waals surface area contributed by atoms with Gasteiger partial charge in [-0.2, -0.15) is 0 Å². The third kappa shape index (κ3) is 5.78. The van der Waals surface area contributed by atoms with Crippen LogP contribution in [0.15, 0.2) is 35.6 Å². The molecule has 0 fully saturated rings. The lowest BCUT2D eigenvalue weighted by Crippen LogP contribution is -2.12. The number of hydrogen-bond acceptors (Lipinski definition) is 6. The number of carbonyl (C=O) groups excluding carboxylic acids is 2. The zero-order valence-electron chi connectivity index (χ0n) is 12.8. The summed E-state index contributed by atoms with van der Waals surface area (Å²) in [7, 11) is 0. The van der Waals surface area contributed by atoms with Crippen molar-refractivity contribution in [1.82, 2.24) is 9.97 Å². The molecule has 0 N–H and O–H groups in total. The van der Waals surface area contributed by atoms with Gasteiger partial charge in [0.25, 0.3) is 0 Å². The lowest BCUT2D eigenvalue weighted by molar-refractivity contribution is -0.145. The molecule has 0 aliphatic rings. The standard InChI is InChI=1S/C16H14Cl2N2O3S/c1-2-23-15(22)8-13(21)9-24-16-19-4-3-14(20-16)10-5-11(17)7-12(18)6-10/h3-7H,2,8-9H2,1H3. The van der Waals surface area contributed by atoms with Gasteiger partial charge < -0.3 is 4.74 Å². The Kier molecular flexibility index (Phi) is 7.02. The molecule has 0 atom stereocenters. The van der Waals surface area contributed by atoms with Crippen molar-refractivity contribution in [2.24, 2.45) is 0 Å². The van der Waals surface area contributed by atoms with Gasteiger partial charge in [-0.3, -0.25) is 9.59 Å². The van der Waals surface area contributed by atoms with Crippen molar-refractivity contribution in [3.05, 3.63) is 40.5 Å². The molecule has 0 amide bonds. The summed E-state index contributed by atoms with van der Waals surface area (Å²) < 4.78 is 4.74. The number of benzene rings is 1. The highest BCUT2D eigenvalue weighted by molar-refractivity contribution is 7.99. The fraction of sp³-hybridized carbons (Fsp3) is 0.250. The Labute approximate surface area is 153 Å². The predicted molar refractivity (Wildman–Crippen MR) is 94.5 cm³/mol. The summed E-state index contributed by atoms with van der Waals surface area (Å²) >= 11 is 13.2. The molecular formula is C16H14Cl2N2O3S. The zero-order valence-corrected chi connectivity index (χ0v) is 15.1. The van der Waals surface area contributed by atoms with Crippen LogP contribution >= 0.6 is 35.0 Å². The monoisotopic (exact) mass is 384 g/mol. The van der Waals surface area contributed by atoms with Crippen molar-refractivity contribution >= 4 is 46.7 Å². The Balaban J connectivity index is 2.03. The molecule has 1 heterocycles. The Morgan fingerprint density at radius 2 is 1.92 bits per heavy atom. The number of esters is 1. The average Bonchev–Trinajstić information content (AvgIpc) is 2.52. The van der Waals surface area contributed by atoms with Gasteiger partial charge in [0.05, 0.1) is 18.1 Å². The maximum absolute atomic E-state index is 11.7. The van der Waals surface area contributed by atoms with Crippen molar-refractivity contribution in [3.63, 3.8) is 0 Å². The quantitative estimate of drug-likeness (QED) is 0.310. The van der Waals surface area contributed by atoms with Gasteiger partial charge in [-0.1, -0.05) is 35.0 Å². The minimum Gasteiger partial charge on any atom is -0.466 e. The van der Waals surface area contributed by atoms with Crippen molar-refractivity contribution < 1.29 is 14.3 Å². The van der Waals surface area contributed by atoms with E-state index < -0.39 is 5.97 Å². The van der Waals surface area contributed by atoms with Gasteiger partial charge in [-0.25, -0.2) is 9.97 Å². The van der Waals surface area contributed by atoms with Gasteiger partial charge >= 0.3 is 5.97 Å². The number of ether oxygens (including phenoxy) is 1. The number of hydrogen-bond donors (Lipinski definition) is 0.